The van der Waals surface area contributed by atoms with Gasteiger partial charge in [-0.05, 0) is 44.9 Å². The summed E-state index contributed by atoms with van der Waals surface area (Å²) >= 11 is 0. The average Bonchev–Trinajstić information content (AvgIpc) is 3.46. The number of esters is 3. The summed E-state index contributed by atoms with van der Waals surface area (Å²) in [6.07, 6.45) is 83.9. The van der Waals surface area contributed by atoms with Crippen LogP contribution in [-0.2, 0) is 28.6 Å². The minimum atomic E-state index is -0.767. The Bertz CT molecular complexity index is 1250. The van der Waals surface area contributed by atoms with E-state index in [1.165, 1.54) is 327 Å². The first kappa shape index (κ1) is 78.1. The molecule has 0 aliphatic heterocycles. The number of allylic oxidation sites excluding steroid dienone is 2. The Hall–Kier alpha value is -1.85. The Labute approximate surface area is 501 Å². The monoisotopic (exact) mass is 1130 g/mol. The Balaban J connectivity index is 4.25. The molecule has 0 fully saturated rings. The number of hydrogen-bond donors (Lipinski definition) is 0. The zero-order valence-electron chi connectivity index (χ0n) is 54.6. The summed E-state index contributed by atoms with van der Waals surface area (Å²) in [6, 6.07) is 0. The lowest BCUT2D eigenvalue weighted by Crippen LogP contribution is -2.30. The normalized spacial score (nSPS) is 12.0. The van der Waals surface area contributed by atoms with Gasteiger partial charge in [-0.2, -0.15) is 0 Å². The summed E-state index contributed by atoms with van der Waals surface area (Å²) in [4.78, 5) is 38.5. The highest BCUT2D eigenvalue weighted by molar-refractivity contribution is 5.71. The molecule has 0 aromatic carbocycles. The number of carbonyl (C=O) groups is 3. The third-order valence-electron chi connectivity index (χ3n) is 17.0. The van der Waals surface area contributed by atoms with E-state index in [0.717, 1.165) is 57.8 Å². The van der Waals surface area contributed by atoms with E-state index in [4.69, 9.17) is 14.2 Å². The van der Waals surface area contributed by atoms with E-state index >= 15 is 0 Å². The maximum atomic E-state index is 13.0. The van der Waals surface area contributed by atoms with Crippen molar-refractivity contribution in [2.24, 2.45) is 0 Å². The van der Waals surface area contributed by atoms with Crippen molar-refractivity contribution < 1.29 is 28.6 Å². The van der Waals surface area contributed by atoms with Crippen LogP contribution in [0.3, 0.4) is 0 Å². The van der Waals surface area contributed by atoms with Crippen molar-refractivity contribution in [1.29, 1.82) is 0 Å². The van der Waals surface area contributed by atoms with E-state index in [9.17, 15) is 14.4 Å². The summed E-state index contributed by atoms with van der Waals surface area (Å²) < 4.78 is 17.0. The van der Waals surface area contributed by atoms with E-state index in [0.29, 0.717) is 19.3 Å². The Morgan fingerprint density at radius 1 is 0.237 bits per heavy atom. The van der Waals surface area contributed by atoms with Crippen molar-refractivity contribution in [1.82, 2.24) is 0 Å². The number of hydrogen-bond acceptors (Lipinski definition) is 6. The molecule has 0 aromatic heterocycles. The zero-order valence-corrected chi connectivity index (χ0v) is 54.6. The second kappa shape index (κ2) is 69.6. The number of ether oxygens (including phenoxy) is 3. The quantitative estimate of drug-likeness (QED) is 0.0261. The summed E-state index contributed by atoms with van der Waals surface area (Å²) in [6.45, 7) is 6.74. The van der Waals surface area contributed by atoms with E-state index in [1.54, 1.807) is 0 Å². The van der Waals surface area contributed by atoms with Gasteiger partial charge in [-0.3, -0.25) is 14.4 Å². The Morgan fingerprint density at radius 2 is 0.412 bits per heavy atom. The average molecular weight is 1130 g/mol. The number of unbranched alkanes of at least 4 members (excludes halogenated alkanes) is 56. The van der Waals surface area contributed by atoms with Crippen LogP contribution >= 0.6 is 0 Å². The minimum Gasteiger partial charge on any atom is -0.462 e. The smallest absolute Gasteiger partial charge is 0.306 e. The number of carbonyl (C=O) groups excluding carboxylic acids is 3. The Morgan fingerprint density at radius 3 is 0.625 bits per heavy atom. The third-order valence-corrected chi connectivity index (χ3v) is 17.0. The molecule has 0 saturated heterocycles. The molecule has 0 aliphatic rings. The van der Waals surface area contributed by atoms with Crippen molar-refractivity contribution in [3.8, 4) is 0 Å². The highest BCUT2D eigenvalue weighted by Crippen LogP contribution is 2.19. The zero-order chi connectivity index (χ0) is 57.8. The lowest BCUT2D eigenvalue weighted by Gasteiger charge is -2.18. The van der Waals surface area contributed by atoms with Crippen molar-refractivity contribution in [3.63, 3.8) is 0 Å². The molecule has 1 atom stereocenters. The van der Waals surface area contributed by atoms with Gasteiger partial charge in [-0.1, -0.05) is 373 Å². The maximum Gasteiger partial charge on any atom is 0.306 e. The van der Waals surface area contributed by atoms with Gasteiger partial charge in [0.05, 0.1) is 0 Å². The van der Waals surface area contributed by atoms with Crippen LogP contribution in [-0.4, -0.2) is 37.2 Å². The van der Waals surface area contributed by atoms with E-state index in [2.05, 4.69) is 32.9 Å². The molecule has 0 saturated carbocycles. The SMILES string of the molecule is CCCCCCCCCC/C=C\CCCCCCCCCCCCCC(=O)OCC(COC(=O)CCCCCCCCCCCCCCCCCC)OC(=O)CCCCCCCCCCCCCCCCCCCCCCCCC. The largest absolute Gasteiger partial charge is 0.462 e. The van der Waals surface area contributed by atoms with Crippen LogP contribution in [0, 0.1) is 0 Å². The van der Waals surface area contributed by atoms with Crippen LogP contribution in [0.15, 0.2) is 12.2 Å². The molecular weight excluding hydrogens is 985 g/mol. The van der Waals surface area contributed by atoms with E-state index in [-0.39, 0.29) is 31.1 Å². The molecule has 6 nitrogen and oxygen atoms in total. The molecule has 1 unspecified atom stereocenters. The molecule has 0 amide bonds. The van der Waals surface area contributed by atoms with Gasteiger partial charge >= 0.3 is 17.9 Å². The van der Waals surface area contributed by atoms with Gasteiger partial charge in [-0.25, -0.2) is 0 Å². The second-order valence-electron chi connectivity index (χ2n) is 25.2. The van der Waals surface area contributed by atoms with Crippen molar-refractivity contribution in [2.45, 2.75) is 431 Å². The van der Waals surface area contributed by atoms with Gasteiger partial charge in [0.2, 0.25) is 0 Å². The predicted molar refractivity (Wildman–Crippen MR) is 349 cm³/mol. The molecule has 80 heavy (non-hydrogen) atoms. The first-order valence-electron chi connectivity index (χ1n) is 36.7. The molecule has 0 aromatic rings. The van der Waals surface area contributed by atoms with Gasteiger partial charge in [0.25, 0.3) is 0 Å². The van der Waals surface area contributed by atoms with Gasteiger partial charge in [-0.15, -0.1) is 0 Å². The van der Waals surface area contributed by atoms with Crippen molar-refractivity contribution in [2.75, 3.05) is 13.2 Å². The summed E-state index contributed by atoms with van der Waals surface area (Å²) in [5.74, 6) is -0.824. The van der Waals surface area contributed by atoms with Gasteiger partial charge < -0.3 is 14.2 Å². The number of rotatable bonds is 69. The second-order valence-corrected chi connectivity index (χ2v) is 25.2. The van der Waals surface area contributed by atoms with Crippen LogP contribution in [0.5, 0.6) is 0 Å². The molecule has 6 heteroatoms. The maximum absolute atomic E-state index is 13.0. The first-order valence-corrected chi connectivity index (χ1v) is 36.7. The summed E-state index contributed by atoms with van der Waals surface area (Å²) in [7, 11) is 0. The summed E-state index contributed by atoms with van der Waals surface area (Å²) in [5, 5.41) is 0. The lowest BCUT2D eigenvalue weighted by atomic mass is 10.0. The van der Waals surface area contributed by atoms with E-state index in [1.807, 2.05) is 0 Å². The molecule has 0 rings (SSSR count). The van der Waals surface area contributed by atoms with Crippen LogP contribution in [0.4, 0.5) is 0 Å². The molecular formula is C74H142O6. The fraction of sp³-hybridized carbons (Fsp3) is 0.932. The molecule has 0 bridgehead atoms. The highest BCUT2D eigenvalue weighted by Gasteiger charge is 2.20. The fourth-order valence-electron chi connectivity index (χ4n) is 11.5. The van der Waals surface area contributed by atoms with Crippen molar-refractivity contribution in [3.05, 3.63) is 12.2 Å². The van der Waals surface area contributed by atoms with Crippen LogP contribution in [0.2, 0.25) is 0 Å². The molecule has 0 spiro atoms. The first-order chi connectivity index (χ1) is 39.5. The predicted octanol–water partition coefficient (Wildman–Crippen LogP) is 25.2. The minimum absolute atomic E-state index is 0.0626. The Kier molecular flexibility index (Phi) is 68.0. The van der Waals surface area contributed by atoms with E-state index < -0.39 is 6.10 Å². The van der Waals surface area contributed by atoms with Crippen molar-refractivity contribution >= 4 is 17.9 Å². The van der Waals surface area contributed by atoms with Crippen LogP contribution < -0.4 is 0 Å². The molecule has 0 radical (unpaired) electrons. The lowest BCUT2D eigenvalue weighted by molar-refractivity contribution is -0.167. The molecule has 0 N–H and O–H groups in total. The highest BCUT2D eigenvalue weighted by atomic mass is 16.6. The van der Waals surface area contributed by atoms with Gasteiger partial charge in [0, 0.05) is 19.3 Å². The van der Waals surface area contributed by atoms with Crippen LogP contribution in [0.1, 0.15) is 425 Å². The molecule has 0 heterocycles. The third kappa shape index (κ3) is 66.9. The summed E-state index contributed by atoms with van der Waals surface area (Å²) in [5.41, 5.74) is 0. The standard InChI is InChI=1S/C74H142O6/c1-4-7-10-13-16-19-22-25-28-31-33-35-37-39-41-43-46-49-52-55-58-61-64-67-73(76)79-70-71(69-78-72(75)66-63-60-57-54-51-48-45-30-27-24-21-18-15-12-9-6-3)80-74(77)68-65-62-59-56-53-50-47-44-42-40-38-36-34-32-29-26-23-20-17-14-11-8-5-2/h31,33,71H,4-30,32,34-70H2,1-3H3/b33-31-. The van der Waals surface area contributed by atoms with Gasteiger partial charge in [0.1, 0.15) is 13.2 Å². The topological polar surface area (TPSA) is 78.9 Å². The van der Waals surface area contributed by atoms with Gasteiger partial charge in [0.15, 0.2) is 6.10 Å². The molecule has 0 aliphatic carbocycles. The van der Waals surface area contributed by atoms with Crippen LogP contribution in [0.25, 0.3) is 0 Å². The molecule has 474 valence electrons. The fourth-order valence-corrected chi connectivity index (χ4v) is 11.5.